The Morgan fingerprint density at radius 3 is 2.72 bits per heavy atom. The number of thioether (sulfide) groups is 1. The van der Waals surface area contributed by atoms with Crippen molar-refractivity contribution < 1.29 is 4.42 Å². The minimum Gasteiger partial charge on any atom is -0.437 e. The summed E-state index contributed by atoms with van der Waals surface area (Å²) in [5, 5.41) is 13.2. The maximum absolute atomic E-state index is 9.20. The average Bonchev–Trinajstić information content (AvgIpc) is 2.66. The van der Waals surface area contributed by atoms with Crippen LogP contribution >= 0.6 is 11.8 Å². The molecule has 0 saturated carbocycles. The Kier molecular flexibility index (Phi) is 5.70. The topological polar surface area (TPSA) is 61.9 Å². The molecule has 0 aliphatic rings. The number of nitriles is 1. The SMILES string of the molecule is CCCNC(C)(C#N)CCSc1nc(C)c(C)o1. The average molecular weight is 267 g/mol. The summed E-state index contributed by atoms with van der Waals surface area (Å²) in [6.07, 6.45) is 1.80. The molecule has 0 aliphatic heterocycles. The van der Waals surface area contributed by atoms with Gasteiger partial charge < -0.3 is 4.42 Å². The van der Waals surface area contributed by atoms with E-state index in [9.17, 15) is 5.26 Å². The number of aromatic nitrogens is 1. The largest absolute Gasteiger partial charge is 0.437 e. The highest BCUT2D eigenvalue weighted by Crippen LogP contribution is 2.23. The molecule has 1 atom stereocenters. The second-order valence-corrected chi connectivity index (χ2v) is 5.64. The molecule has 1 heterocycles. The van der Waals surface area contributed by atoms with E-state index >= 15 is 0 Å². The van der Waals surface area contributed by atoms with E-state index in [4.69, 9.17) is 4.42 Å². The van der Waals surface area contributed by atoms with Crippen LogP contribution < -0.4 is 5.32 Å². The molecule has 1 aromatic rings. The molecule has 0 bridgehead atoms. The summed E-state index contributed by atoms with van der Waals surface area (Å²) in [5.41, 5.74) is 0.476. The first-order valence-corrected chi connectivity index (χ1v) is 7.22. The van der Waals surface area contributed by atoms with Gasteiger partial charge in [0.15, 0.2) is 0 Å². The first kappa shape index (κ1) is 15.1. The van der Waals surface area contributed by atoms with Gasteiger partial charge in [-0.05, 0) is 40.2 Å². The zero-order valence-corrected chi connectivity index (χ0v) is 12.4. The second kappa shape index (κ2) is 6.81. The Balaban J connectivity index is 2.42. The van der Waals surface area contributed by atoms with Crippen LogP contribution in [0.2, 0.25) is 0 Å². The van der Waals surface area contributed by atoms with E-state index in [1.54, 1.807) is 11.8 Å². The predicted molar refractivity (Wildman–Crippen MR) is 73.6 cm³/mol. The van der Waals surface area contributed by atoms with Gasteiger partial charge in [-0.15, -0.1) is 0 Å². The van der Waals surface area contributed by atoms with Crippen molar-refractivity contribution in [2.24, 2.45) is 0 Å². The lowest BCUT2D eigenvalue weighted by Crippen LogP contribution is -2.41. The van der Waals surface area contributed by atoms with E-state index in [1.807, 2.05) is 20.8 Å². The van der Waals surface area contributed by atoms with E-state index in [-0.39, 0.29) is 0 Å². The maximum atomic E-state index is 9.20. The van der Waals surface area contributed by atoms with Crippen LogP contribution in [0.3, 0.4) is 0 Å². The Morgan fingerprint density at radius 1 is 1.50 bits per heavy atom. The van der Waals surface area contributed by atoms with Gasteiger partial charge in [0.1, 0.15) is 11.3 Å². The zero-order chi connectivity index (χ0) is 13.6. The summed E-state index contributed by atoms with van der Waals surface area (Å²) in [6.45, 7) is 8.75. The van der Waals surface area contributed by atoms with E-state index in [2.05, 4.69) is 23.3 Å². The Bertz CT molecular complexity index is 405. The Morgan fingerprint density at radius 2 is 2.22 bits per heavy atom. The molecule has 5 heteroatoms. The normalized spacial score (nSPS) is 14.2. The Labute approximate surface area is 113 Å². The van der Waals surface area contributed by atoms with E-state index in [1.165, 1.54) is 0 Å². The molecular formula is C13H21N3OS. The summed E-state index contributed by atoms with van der Waals surface area (Å²) in [7, 11) is 0. The van der Waals surface area contributed by atoms with Crippen LogP contribution in [0.15, 0.2) is 9.64 Å². The molecule has 0 amide bonds. The van der Waals surface area contributed by atoms with Crippen LogP contribution in [-0.4, -0.2) is 22.8 Å². The van der Waals surface area contributed by atoms with E-state index in [0.29, 0.717) is 5.22 Å². The fourth-order valence-corrected chi connectivity index (χ4v) is 2.50. The quantitative estimate of drug-likeness (QED) is 0.769. The van der Waals surface area contributed by atoms with Gasteiger partial charge in [-0.1, -0.05) is 18.7 Å². The fourth-order valence-electron chi connectivity index (χ4n) is 1.43. The number of nitrogens with one attached hydrogen (secondary N) is 1. The first-order chi connectivity index (χ1) is 8.50. The van der Waals surface area contributed by atoms with Crippen LogP contribution in [0, 0.1) is 25.2 Å². The molecule has 1 unspecified atom stereocenters. The van der Waals surface area contributed by atoms with Crippen molar-refractivity contribution in [1.29, 1.82) is 5.26 Å². The number of rotatable bonds is 7. The molecule has 0 aliphatic carbocycles. The predicted octanol–water partition coefficient (Wildman–Crippen LogP) is 3.06. The molecule has 1 N–H and O–H groups in total. The first-order valence-electron chi connectivity index (χ1n) is 6.24. The molecule has 4 nitrogen and oxygen atoms in total. The highest BCUT2D eigenvalue weighted by atomic mass is 32.2. The van der Waals surface area contributed by atoms with Crippen molar-refractivity contribution >= 4 is 11.8 Å². The number of aryl methyl sites for hydroxylation is 2. The highest BCUT2D eigenvalue weighted by molar-refractivity contribution is 7.99. The molecule has 1 rings (SSSR count). The lowest BCUT2D eigenvalue weighted by atomic mass is 10.0. The molecule has 0 radical (unpaired) electrons. The molecule has 1 aromatic heterocycles. The molecule has 100 valence electrons. The molecule has 0 aromatic carbocycles. The smallest absolute Gasteiger partial charge is 0.256 e. The highest BCUT2D eigenvalue weighted by Gasteiger charge is 2.22. The van der Waals surface area contributed by atoms with Crippen molar-refractivity contribution in [1.82, 2.24) is 10.3 Å². The summed E-state index contributed by atoms with van der Waals surface area (Å²) in [5.74, 6) is 1.69. The van der Waals surface area contributed by atoms with Crippen molar-refractivity contribution in [2.45, 2.75) is 51.3 Å². The second-order valence-electron chi connectivity index (χ2n) is 4.59. The van der Waals surface area contributed by atoms with Gasteiger partial charge in [-0.25, -0.2) is 4.98 Å². The number of oxazole rings is 1. The standard InChI is InChI=1S/C13H21N3OS/c1-5-7-15-13(4,9-14)6-8-18-12-16-10(2)11(3)17-12/h15H,5-8H2,1-4H3. The third-order valence-corrected chi connectivity index (χ3v) is 3.68. The number of nitrogens with zero attached hydrogens (tertiary/aromatic N) is 2. The van der Waals surface area contributed by atoms with Crippen LogP contribution in [-0.2, 0) is 0 Å². The lowest BCUT2D eigenvalue weighted by Gasteiger charge is -2.22. The van der Waals surface area contributed by atoms with Gasteiger partial charge in [0, 0.05) is 5.75 Å². The van der Waals surface area contributed by atoms with Gasteiger partial charge in [0.2, 0.25) is 0 Å². The third kappa shape index (κ3) is 4.35. The molecule has 0 fully saturated rings. The van der Waals surface area contributed by atoms with Crippen molar-refractivity contribution in [3.63, 3.8) is 0 Å². The van der Waals surface area contributed by atoms with Gasteiger partial charge in [-0.2, -0.15) is 5.26 Å². The molecule has 18 heavy (non-hydrogen) atoms. The van der Waals surface area contributed by atoms with Crippen molar-refractivity contribution in [2.75, 3.05) is 12.3 Å². The molecular weight excluding hydrogens is 246 g/mol. The van der Waals surface area contributed by atoms with Gasteiger partial charge in [-0.3, -0.25) is 5.32 Å². The van der Waals surface area contributed by atoms with Gasteiger partial charge in [0.25, 0.3) is 5.22 Å². The minimum atomic E-state index is -0.459. The van der Waals surface area contributed by atoms with E-state index in [0.717, 1.165) is 36.6 Å². The number of hydrogen-bond acceptors (Lipinski definition) is 5. The van der Waals surface area contributed by atoms with Crippen LogP contribution in [0.4, 0.5) is 0 Å². The summed E-state index contributed by atoms with van der Waals surface area (Å²) >= 11 is 1.56. The minimum absolute atomic E-state index is 0.459. The fraction of sp³-hybridized carbons (Fsp3) is 0.692. The van der Waals surface area contributed by atoms with Crippen LogP contribution in [0.25, 0.3) is 0 Å². The number of hydrogen-bond donors (Lipinski definition) is 1. The van der Waals surface area contributed by atoms with Crippen molar-refractivity contribution in [3.05, 3.63) is 11.5 Å². The molecule has 0 saturated heterocycles. The zero-order valence-electron chi connectivity index (χ0n) is 11.5. The summed E-state index contributed by atoms with van der Waals surface area (Å²) in [6, 6.07) is 2.34. The van der Waals surface area contributed by atoms with E-state index < -0.39 is 5.54 Å². The monoisotopic (exact) mass is 267 g/mol. The molecule has 0 spiro atoms. The summed E-state index contributed by atoms with van der Waals surface area (Å²) in [4.78, 5) is 4.31. The maximum Gasteiger partial charge on any atom is 0.256 e. The Hall–Kier alpha value is -0.990. The third-order valence-electron chi connectivity index (χ3n) is 2.85. The van der Waals surface area contributed by atoms with Crippen LogP contribution in [0.5, 0.6) is 0 Å². The lowest BCUT2D eigenvalue weighted by molar-refractivity contribution is 0.425. The van der Waals surface area contributed by atoms with Gasteiger partial charge >= 0.3 is 0 Å². The van der Waals surface area contributed by atoms with Gasteiger partial charge in [0.05, 0.1) is 11.8 Å². The van der Waals surface area contributed by atoms with Crippen molar-refractivity contribution in [3.8, 4) is 6.07 Å². The summed E-state index contributed by atoms with van der Waals surface area (Å²) < 4.78 is 5.49. The van der Waals surface area contributed by atoms with Crippen LogP contribution in [0.1, 0.15) is 38.1 Å².